The summed E-state index contributed by atoms with van der Waals surface area (Å²) in [7, 11) is -3.83. The monoisotopic (exact) mass is 451 g/mol. The minimum atomic E-state index is -3.83. The van der Waals surface area contributed by atoms with Crippen molar-refractivity contribution in [1.29, 1.82) is 0 Å². The highest BCUT2D eigenvalue weighted by atomic mass is 32.2. The SMILES string of the molecule is O=C(CCN1C(=O)[C@@H]2CCCC[C@H]2C1=O)N1CCN(S(=O)(=O)c2cccc(F)c2)CC1. The van der Waals surface area contributed by atoms with Crippen LogP contribution >= 0.6 is 0 Å². The standard InChI is InChI=1S/C21H26FN3O5S/c22-15-4-3-5-16(14-15)31(29,30)24-12-10-23(11-13-24)19(26)8-9-25-20(27)17-6-1-2-7-18(17)21(25)28/h3-5,14,17-18H,1-2,6-13H2/t17-,18-/m1/s1. The number of hydrogen-bond donors (Lipinski definition) is 0. The van der Waals surface area contributed by atoms with Gasteiger partial charge in [0.25, 0.3) is 0 Å². The molecule has 8 nitrogen and oxygen atoms in total. The van der Waals surface area contributed by atoms with Crippen LogP contribution in [0.3, 0.4) is 0 Å². The zero-order valence-electron chi connectivity index (χ0n) is 17.2. The van der Waals surface area contributed by atoms with Gasteiger partial charge in [-0.1, -0.05) is 18.9 Å². The molecule has 1 aromatic carbocycles. The third-order valence-electron chi connectivity index (χ3n) is 6.51. The molecule has 2 aliphatic heterocycles. The molecule has 168 valence electrons. The largest absolute Gasteiger partial charge is 0.340 e. The van der Waals surface area contributed by atoms with Gasteiger partial charge in [-0.3, -0.25) is 19.3 Å². The van der Waals surface area contributed by atoms with Gasteiger partial charge in [0.05, 0.1) is 16.7 Å². The van der Waals surface area contributed by atoms with Crippen LogP contribution in [0.1, 0.15) is 32.1 Å². The van der Waals surface area contributed by atoms with Crippen LogP contribution in [0.2, 0.25) is 0 Å². The van der Waals surface area contributed by atoms with E-state index in [-0.39, 0.29) is 73.6 Å². The Bertz CT molecular complexity index is 966. The zero-order valence-corrected chi connectivity index (χ0v) is 18.0. The summed E-state index contributed by atoms with van der Waals surface area (Å²) in [5.41, 5.74) is 0. The number of carbonyl (C=O) groups excluding carboxylic acids is 3. The fraction of sp³-hybridized carbons (Fsp3) is 0.571. The van der Waals surface area contributed by atoms with Gasteiger partial charge in [-0.05, 0) is 31.0 Å². The molecule has 0 aromatic heterocycles. The number of fused-ring (bicyclic) bond motifs is 1. The van der Waals surface area contributed by atoms with Crippen LogP contribution in [0, 0.1) is 17.7 Å². The number of carbonyl (C=O) groups is 3. The first-order chi connectivity index (χ1) is 14.8. The Morgan fingerprint density at radius 1 is 1.00 bits per heavy atom. The minimum absolute atomic E-state index is 0.0353. The van der Waals surface area contributed by atoms with Gasteiger partial charge < -0.3 is 4.90 Å². The van der Waals surface area contributed by atoms with Crippen molar-refractivity contribution in [2.45, 2.75) is 37.0 Å². The van der Waals surface area contributed by atoms with Crippen molar-refractivity contribution in [2.24, 2.45) is 11.8 Å². The molecule has 3 aliphatic rings. The van der Waals surface area contributed by atoms with Gasteiger partial charge >= 0.3 is 0 Å². The van der Waals surface area contributed by atoms with E-state index in [0.717, 1.165) is 31.7 Å². The highest BCUT2D eigenvalue weighted by molar-refractivity contribution is 7.89. The molecule has 0 N–H and O–H groups in total. The zero-order chi connectivity index (χ0) is 22.2. The molecule has 31 heavy (non-hydrogen) atoms. The highest BCUT2D eigenvalue weighted by Crippen LogP contribution is 2.38. The summed E-state index contributed by atoms with van der Waals surface area (Å²) in [5, 5.41) is 0. The van der Waals surface area contributed by atoms with E-state index in [1.807, 2.05) is 0 Å². The summed E-state index contributed by atoms with van der Waals surface area (Å²) in [6.45, 7) is 0.707. The average Bonchev–Trinajstić information content (AvgIpc) is 3.02. The maximum Gasteiger partial charge on any atom is 0.243 e. The number of rotatable bonds is 5. The summed E-state index contributed by atoms with van der Waals surface area (Å²) >= 11 is 0. The second kappa shape index (κ2) is 8.66. The highest BCUT2D eigenvalue weighted by Gasteiger charge is 2.48. The van der Waals surface area contributed by atoms with Crippen molar-refractivity contribution in [3.05, 3.63) is 30.1 Å². The first-order valence-corrected chi connectivity index (χ1v) is 12.1. The fourth-order valence-electron chi connectivity index (χ4n) is 4.77. The number of halogens is 1. The molecule has 3 amide bonds. The van der Waals surface area contributed by atoms with Crippen LogP contribution in [-0.4, -0.2) is 73.0 Å². The van der Waals surface area contributed by atoms with Gasteiger partial charge in [0.15, 0.2) is 0 Å². The Hall–Kier alpha value is -2.33. The molecule has 0 unspecified atom stereocenters. The summed E-state index contributed by atoms with van der Waals surface area (Å²) in [6, 6.07) is 4.85. The Morgan fingerprint density at radius 2 is 1.61 bits per heavy atom. The first-order valence-electron chi connectivity index (χ1n) is 10.7. The fourth-order valence-corrected chi connectivity index (χ4v) is 6.23. The Kier molecular flexibility index (Phi) is 6.11. The Morgan fingerprint density at radius 3 is 2.19 bits per heavy atom. The minimum Gasteiger partial charge on any atom is -0.340 e. The van der Waals surface area contributed by atoms with Crippen LogP contribution in [0.25, 0.3) is 0 Å². The van der Waals surface area contributed by atoms with Crippen molar-refractivity contribution in [1.82, 2.24) is 14.1 Å². The molecule has 3 fully saturated rings. The number of imide groups is 1. The van der Waals surface area contributed by atoms with Gasteiger partial charge in [-0.25, -0.2) is 12.8 Å². The Balaban J connectivity index is 1.31. The van der Waals surface area contributed by atoms with Crippen molar-refractivity contribution in [3.8, 4) is 0 Å². The predicted octanol–water partition coefficient (Wildman–Crippen LogP) is 1.22. The molecule has 2 atom stereocenters. The quantitative estimate of drug-likeness (QED) is 0.628. The lowest BCUT2D eigenvalue weighted by Crippen LogP contribution is -2.51. The van der Waals surface area contributed by atoms with Crippen molar-refractivity contribution in [3.63, 3.8) is 0 Å². The molecular weight excluding hydrogens is 425 g/mol. The third-order valence-corrected chi connectivity index (χ3v) is 8.40. The first kappa shape index (κ1) is 21.9. The van der Waals surface area contributed by atoms with E-state index in [4.69, 9.17) is 0 Å². The molecule has 0 bridgehead atoms. The van der Waals surface area contributed by atoms with E-state index in [9.17, 15) is 27.2 Å². The van der Waals surface area contributed by atoms with E-state index in [1.54, 1.807) is 4.90 Å². The molecule has 1 aromatic rings. The lowest BCUT2D eigenvalue weighted by atomic mass is 9.81. The number of piperazine rings is 1. The second-order valence-electron chi connectivity index (χ2n) is 8.32. The molecule has 2 saturated heterocycles. The maximum atomic E-state index is 13.4. The molecule has 1 saturated carbocycles. The molecule has 0 radical (unpaired) electrons. The number of sulfonamides is 1. The Labute approximate surface area is 181 Å². The maximum absolute atomic E-state index is 13.4. The third kappa shape index (κ3) is 4.23. The normalized spacial score (nSPS) is 25.1. The summed E-state index contributed by atoms with van der Waals surface area (Å²) in [5.74, 6) is -1.61. The summed E-state index contributed by atoms with van der Waals surface area (Å²) in [4.78, 5) is 40.4. The van der Waals surface area contributed by atoms with Crippen LogP contribution in [0.4, 0.5) is 4.39 Å². The molecule has 0 spiro atoms. The molecule has 4 rings (SSSR count). The van der Waals surface area contributed by atoms with Crippen LogP contribution in [0.15, 0.2) is 29.2 Å². The van der Waals surface area contributed by atoms with Gasteiger partial charge in [0, 0.05) is 39.1 Å². The average molecular weight is 452 g/mol. The van der Waals surface area contributed by atoms with Gasteiger partial charge in [0.2, 0.25) is 27.7 Å². The lowest BCUT2D eigenvalue weighted by Gasteiger charge is -2.34. The summed E-state index contributed by atoms with van der Waals surface area (Å²) in [6.07, 6.45) is 3.42. The molecule has 2 heterocycles. The van der Waals surface area contributed by atoms with E-state index in [1.165, 1.54) is 27.4 Å². The van der Waals surface area contributed by atoms with Gasteiger partial charge in [0.1, 0.15) is 5.82 Å². The number of hydrogen-bond acceptors (Lipinski definition) is 5. The van der Waals surface area contributed by atoms with E-state index >= 15 is 0 Å². The topological polar surface area (TPSA) is 95.1 Å². The van der Waals surface area contributed by atoms with E-state index in [2.05, 4.69) is 0 Å². The van der Waals surface area contributed by atoms with Gasteiger partial charge in [-0.15, -0.1) is 0 Å². The van der Waals surface area contributed by atoms with Crippen LogP contribution < -0.4 is 0 Å². The van der Waals surface area contributed by atoms with Gasteiger partial charge in [-0.2, -0.15) is 4.31 Å². The molecule has 1 aliphatic carbocycles. The number of benzene rings is 1. The van der Waals surface area contributed by atoms with E-state index in [0.29, 0.717) is 0 Å². The number of amides is 3. The molecular formula is C21H26FN3O5S. The van der Waals surface area contributed by atoms with Crippen molar-refractivity contribution in [2.75, 3.05) is 32.7 Å². The molecule has 10 heteroatoms. The predicted molar refractivity (Wildman–Crippen MR) is 109 cm³/mol. The number of likely N-dealkylation sites (tertiary alicyclic amines) is 1. The van der Waals surface area contributed by atoms with E-state index < -0.39 is 15.8 Å². The van der Waals surface area contributed by atoms with Crippen molar-refractivity contribution < 1.29 is 27.2 Å². The number of nitrogens with zero attached hydrogens (tertiary/aromatic N) is 3. The second-order valence-corrected chi connectivity index (χ2v) is 10.3. The van der Waals surface area contributed by atoms with Crippen LogP contribution in [0.5, 0.6) is 0 Å². The van der Waals surface area contributed by atoms with Crippen LogP contribution in [-0.2, 0) is 24.4 Å². The summed E-state index contributed by atoms with van der Waals surface area (Å²) < 4.78 is 40.0. The smallest absolute Gasteiger partial charge is 0.243 e. The van der Waals surface area contributed by atoms with Crippen molar-refractivity contribution >= 4 is 27.7 Å². The lowest BCUT2D eigenvalue weighted by molar-refractivity contribution is -0.141.